The summed E-state index contributed by atoms with van der Waals surface area (Å²) in [6.45, 7) is -6.04. The molecule has 0 bridgehead atoms. The lowest BCUT2D eigenvalue weighted by Crippen LogP contribution is -1.89. The smallest absolute Gasteiger partial charge is 0.323 e. The summed E-state index contributed by atoms with van der Waals surface area (Å²) >= 11 is 4.86. The molecule has 0 aliphatic carbocycles. The summed E-state index contributed by atoms with van der Waals surface area (Å²) in [5.41, 5.74) is 9.40. The van der Waals surface area contributed by atoms with E-state index in [1.807, 2.05) is 0 Å². The predicted molar refractivity (Wildman–Crippen MR) is 55.2 cm³/mol. The predicted octanol–water partition coefficient (Wildman–Crippen LogP) is 0.217. The average molecular weight is 254 g/mol. The number of nitrogens with two attached hydrogens (primary N) is 2. The van der Waals surface area contributed by atoms with Gasteiger partial charge in [-0.3, -0.25) is 15.6 Å². The summed E-state index contributed by atoms with van der Waals surface area (Å²) in [6.07, 6.45) is 1.64. The minimum absolute atomic E-state index is 1.04. The van der Waals surface area contributed by atoms with Crippen LogP contribution in [0.25, 0.3) is 0 Å². The lowest BCUT2D eigenvalue weighted by atomic mass is 11.8. The second-order valence-electron chi connectivity index (χ2n) is 1.49. The van der Waals surface area contributed by atoms with Crippen molar-refractivity contribution in [1.29, 1.82) is 0 Å². The number of rotatable bonds is 2. The van der Waals surface area contributed by atoms with Crippen LogP contribution in [0.3, 0.4) is 0 Å². The van der Waals surface area contributed by atoms with E-state index in [0.29, 0.717) is 0 Å². The summed E-state index contributed by atoms with van der Waals surface area (Å²) in [6, 6.07) is 0. The first kappa shape index (κ1) is 15.5. The van der Waals surface area contributed by atoms with Gasteiger partial charge in [-0.25, -0.2) is 0 Å². The fourth-order valence-corrected chi connectivity index (χ4v) is 0.671. The van der Waals surface area contributed by atoms with Crippen molar-refractivity contribution >= 4 is 36.6 Å². The van der Waals surface area contributed by atoms with Crippen molar-refractivity contribution in [3.63, 3.8) is 0 Å². The summed E-state index contributed by atoms with van der Waals surface area (Å²) in [5.74, 6) is 0. The van der Waals surface area contributed by atoms with E-state index >= 15 is 0 Å². The molecule has 0 radical (unpaired) electrons. The summed E-state index contributed by atoms with van der Waals surface area (Å²) in [5, 5.41) is 0. The number of hydrogen-bond acceptors (Lipinski definition) is 4. The van der Waals surface area contributed by atoms with Gasteiger partial charge in [-0.2, -0.15) is 0 Å². The molecule has 0 amide bonds. The Bertz CT molecular complexity index is 189. The Balaban J connectivity index is 0. The van der Waals surface area contributed by atoms with Crippen LogP contribution in [0.2, 0.25) is 0 Å². The molecule has 0 aromatic carbocycles. The quantitative estimate of drug-likeness (QED) is 0.516. The highest BCUT2D eigenvalue weighted by Crippen LogP contribution is 2.48. The SMILES string of the molecule is COP(N)(=O)SC.NP(O)(O)=S. The fourth-order valence-electron chi connectivity index (χ4n) is 0.0745. The molecule has 0 aromatic rings. The van der Waals surface area contributed by atoms with E-state index in [0.717, 1.165) is 11.4 Å². The van der Waals surface area contributed by atoms with Crippen LogP contribution in [0, 0.1) is 0 Å². The molecule has 1 atom stereocenters. The molecule has 6 nitrogen and oxygen atoms in total. The van der Waals surface area contributed by atoms with E-state index in [1.54, 1.807) is 6.26 Å². The molecule has 0 spiro atoms. The zero-order chi connectivity index (χ0) is 10.4. The highest BCUT2D eigenvalue weighted by molar-refractivity contribution is 8.55. The Morgan fingerprint density at radius 1 is 1.50 bits per heavy atom. The van der Waals surface area contributed by atoms with Crippen LogP contribution in [-0.4, -0.2) is 23.2 Å². The first-order valence-corrected chi connectivity index (χ1v) is 8.76. The van der Waals surface area contributed by atoms with Crippen LogP contribution in [-0.2, 0) is 20.9 Å². The Labute approximate surface area is 80.1 Å². The van der Waals surface area contributed by atoms with Gasteiger partial charge in [0.15, 0.2) is 0 Å². The minimum atomic E-state index is -3.31. The first-order chi connectivity index (χ1) is 5.12. The van der Waals surface area contributed by atoms with Gasteiger partial charge in [0.1, 0.15) is 0 Å². The Hall–Kier alpha value is 1.03. The van der Waals surface area contributed by atoms with Gasteiger partial charge in [0.25, 0.3) is 6.64 Å². The maximum absolute atomic E-state index is 10.5. The third-order valence-corrected chi connectivity index (χ3v) is 3.50. The molecule has 0 saturated heterocycles. The van der Waals surface area contributed by atoms with Gasteiger partial charge in [0.05, 0.1) is 0 Å². The highest BCUT2D eigenvalue weighted by Gasteiger charge is 2.09. The molecule has 0 fully saturated rings. The van der Waals surface area contributed by atoms with Gasteiger partial charge in [0, 0.05) is 7.11 Å². The van der Waals surface area contributed by atoms with E-state index in [9.17, 15) is 4.57 Å². The maximum Gasteiger partial charge on any atom is 0.323 e. The lowest BCUT2D eigenvalue weighted by molar-refractivity contribution is 0.410. The van der Waals surface area contributed by atoms with Crippen molar-refractivity contribution in [2.24, 2.45) is 11.0 Å². The molecule has 0 aliphatic heterocycles. The fraction of sp³-hybridized carbons (Fsp3) is 1.00. The molecular weight excluding hydrogens is 242 g/mol. The summed E-state index contributed by atoms with van der Waals surface area (Å²) in [4.78, 5) is 15.6. The van der Waals surface area contributed by atoms with Crippen LogP contribution in [0.4, 0.5) is 0 Å². The molecule has 0 saturated carbocycles. The third kappa shape index (κ3) is 22.5. The third-order valence-electron chi connectivity index (χ3n) is 0.509. The van der Waals surface area contributed by atoms with E-state index in [1.165, 1.54) is 7.11 Å². The summed E-state index contributed by atoms with van der Waals surface area (Å²) < 4.78 is 14.9. The Kier molecular flexibility index (Phi) is 8.37. The van der Waals surface area contributed by atoms with Crippen molar-refractivity contribution in [1.82, 2.24) is 0 Å². The average Bonchev–Trinajstić information content (AvgIpc) is 1.85. The van der Waals surface area contributed by atoms with Crippen molar-refractivity contribution in [2.75, 3.05) is 13.4 Å². The number of hydrogen-bond donors (Lipinski definition) is 4. The second-order valence-corrected chi connectivity index (χ2v) is 8.72. The van der Waals surface area contributed by atoms with Crippen molar-refractivity contribution in [2.45, 2.75) is 0 Å². The van der Waals surface area contributed by atoms with Crippen molar-refractivity contribution < 1.29 is 18.9 Å². The molecule has 10 heteroatoms. The van der Waals surface area contributed by atoms with Gasteiger partial charge in [-0.05, 0) is 18.1 Å². The standard InChI is InChI=1S/C2H8NO2PS.H4NO2PS/c1-5-6(3,4)7-2;1-4(2,3)5/h1-2H3,(H2,3,4);(H4,1,2,3,5). The van der Waals surface area contributed by atoms with Crippen molar-refractivity contribution in [3.05, 3.63) is 0 Å². The molecule has 0 heterocycles. The minimum Gasteiger partial charge on any atom is -0.334 e. The Morgan fingerprint density at radius 3 is 1.75 bits per heavy atom. The molecule has 76 valence electrons. The Morgan fingerprint density at radius 2 is 1.75 bits per heavy atom. The van der Waals surface area contributed by atoms with E-state index in [2.05, 4.69) is 21.8 Å². The van der Waals surface area contributed by atoms with Gasteiger partial charge < -0.3 is 14.3 Å². The van der Waals surface area contributed by atoms with Gasteiger partial charge in [-0.15, -0.1) is 0 Å². The zero-order valence-electron chi connectivity index (χ0n) is 6.58. The zero-order valence-corrected chi connectivity index (χ0v) is 10.00. The molecule has 0 aromatic heterocycles. The molecule has 12 heavy (non-hydrogen) atoms. The summed E-state index contributed by atoms with van der Waals surface area (Å²) in [7, 11) is 1.33. The van der Waals surface area contributed by atoms with Gasteiger partial charge >= 0.3 is 6.72 Å². The largest absolute Gasteiger partial charge is 0.334 e. The second kappa shape index (κ2) is 6.48. The molecular formula is C2H12N2O4P2S2. The normalized spacial score (nSPS) is 15.8. The van der Waals surface area contributed by atoms with Crippen LogP contribution in [0.1, 0.15) is 0 Å². The van der Waals surface area contributed by atoms with E-state index in [4.69, 9.17) is 15.3 Å². The van der Waals surface area contributed by atoms with Gasteiger partial charge in [0.2, 0.25) is 0 Å². The van der Waals surface area contributed by atoms with Crippen LogP contribution >= 0.6 is 24.7 Å². The maximum atomic E-state index is 10.5. The molecule has 1 unspecified atom stereocenters. The van der Waals surface area contributed by atoms with Crippen LogP contribution in [0.15, 0.2) is 0 Å². The topological polar surface area (TPSA) is 119 Å². The monoisotopic (exact) mass is 254 g/mol. The van der Waals surface area contributed by atoms with E-state index < -0.39 is 13.4 Å². The lowest BCUT2D eigenvalue weighted by Gasteiger charge is -2.02. The molecule has 0 aliphatic rings. The first-order valence-electron chi connectivity index (χ1n) is 2.46. The molecule has 0 rings (SSSR count). The highest BCUT2D eigenvalue weighted by atomic mass is 32.7. The van der Waals surface area contributed by atoms with Gasteiger partial charge in [-0.1, -0.05) is 11.4 Å². The van der Waals surface area contributed by atoms with Crippen LogP contribution < -0.4 is 11.0 Å². The molecule has 6 N–H and O–H groups in total. The van der Waals surface area contributed by atoms with Crippen LogP contribution in [0.5, 0.6) is 0 Å². The van der Waals surface area contributed by atoms with Crippen molar-refractivity contribution in [3.8, 4) is 0 Å². The van der Waals surface area contributed by atoms with E-state index in [-0.39, 0.29) is 0 Å².